The van der Waals surface area contributed by atoms with Gasteiger partial charge in [-0.05, 0) is 37.7 Å². The summed E-state index contributed by atoms with van der Waals surface area (Å²) in [5, 5.41) is 2.93. The SMILES string of the molecule is CC(C)c1cc(C(=O)NC2CCC(C(F)F)CC2)nc(-n2ccnc2)n1. The quantitative estimate of drug-likeness (QED) is 0.884. The van der Waals surface area contributed by atoms with Gasteiger partial charge in [-0.1, -0.05) is 13.8 Å². The van der Waals surface area contributed by atoms with Crippen LogP contribution < -0.4 is 5.32 Å². The Morgan fingerprint density at radius 3 is 2.54 bits per heavy atom. The van der Waals surface area contributed by atoms with E-state index in [1.54, 1.807) is 29.4 Å². The number of rotatable bonds is 5. The average Bonchev–Trinajstić information content (AvgIpc) is 3.16. The van der Waals surface area contributed by atoms with Crippen molar-refractivity contribution in [3.8, 4) is 5.95 Å². The molecule has 1 N–H and O–H groups in total. The van der Waals surface area contributed by atoms with Gasteiger partial charge >= 0.3 is 0 Å². The molecule has 26 heavy (non-hydrogen) atoms. The van der Waals surface area contributed by atoms with Gasteiger partial charge in [-0.3, -0.25) is 9.36 Å². The highest BCUT2D eigenvalue weighted by molar-refractivity contribution is 5.92. The monoisotopic (exact) mass is 363 g/mol. The maximum absolute atomic E-state index is 12.8. The van der Waals surface area contributed by atoms with Crippen LogP contribution in [0, 0.1) is 5.92 Å². The van der Waals surface area contributed by atoms with Crippen molar-refractivity contribution in [2.45, 2.75) is 57.9 Å². The lowest BCUT2D eigenvalue weighted by Crippen LogP contribution is -2.39. The number of aromatic nitrogens is 4. The first-order chi connectivity index (χ1) is 12.4. The Balaban J connectivity index is 1.74. The van der Waals surface area contributed by atoms with Crippen LogP contribution >= 0.6 is 0 Å². The summed E-state index contributed by atoms with van der Waals surface area (Å²) in [7, 11) is 0. The lowest BCUT2D eigenvalue weighted by atomic mass is 9.86. The maximum Gasteiger partial charge on any atom is 0.270 e. The maximum atomic E-state index is 12.8. The predicted octanol–water partition coefficient (Wildman–Crippen LogP) is 3.34. The molecule has 8 heteroatoms. The van der Waals surface area contributed by atoms with Crippen molar-refractivity contribution in [2.24, 2.45) is 5.92 Å². The fourth-order valence-electron chi connectivity index (χ4n) is 3.13. The van der Waals surface area contributed by atoms with E-state index in [2.05, 4.69) is 20.3 Å². The van der Waals surface area contributed by atoms with E-state index >= 15 is 0 Å². The highest BCUT2D eigenvalue weighted by atomic mass is 19.3. The van der Waals surface area contributed by atoms with Crippen molar-refractivity contribution in [2.75, 3.05) is 0 Å². The summed E-state index contributed by atoms with van der Waals surface area (Å²) in [6, 6.07) is 1.59. The standard InChI is InChI=1S/C18H23F2N5O/c1-11(2)14-9-15(24-18(23-14)25-8-7-21-10-25)17(26)22-13-5-3-12(4-6-13)16(19)20/h7-13,16H,3-6H2,1-2H3,(H,22,26). The van der Waals surface area contributed by atoms with Crippen LogP contribution in [0.1, 0.15) is 61.6 Å². The van der Waals surface area contributed by atoms with Gasteiger partial charge in [0.2, 0.25) is 12.4 Å². The van der Waals surface area contributed by atoms with E-state index in [4.69, 9.17) is 0 Å². The van der Waals surface area contributed by atoms with Gasteiger partial charge in [-0.25, -0.2) is 23.7 Å². The Kier molecular flexibility index (Phi) is 5.58. The number of nitrogens with zero attached hydrogens (tertiary/aromatic N) is 4. The number of amides is 1. The first-order valence-corrected chi connectivity index (χ1v) is 8.90. The highest BCUT2D eigenvalue weighted by Gasteiger charge is 2.28. The van der Waals surface area contributed by atoms with E-state index in [0.717, 1.165) is 5.69 Å². The van der Waals surface area contributed by atoms with Crippen LogP contribution in [-0.4, -0.2) is 37.9 Å². The van der Waals surface area contributed by atoms with Crippen LogP contribution in [0.3, 0.4) is 0 Å². The van der Waals surface area contributed by atoms with Crippen LogP contribution in [0.25, 0.3) is 5.95 Å². The highest BCUT2D eigenvalue weighted by Crippen LogP contribution is 2.29. The Morgan fingerprint density at radius 2 is 1.96 bits per heavy atom. The van der Waals surface area contributed by atoms with Gasteiger partial charge in [0.1, 0.15) is 12.0 Å². The van der Waals surface area contributed by atoms with Gasteiger partial charge < -0.3 is 5.32 Å². The summed E-state index contributed by atoms with van der Waals surface area (Å²) in [4.78, 5) is 25.5. The van der Waals surface area contributed by atoms with Crippen LogP contribution in [-0.2, 0) is 0 Å². The van der Waals surface area contributed by atoms with E-state index in [1.807, 2.05) is 13.8 Å². The van der Waals surface area contributed by atoms with E-state index in [-0.39, 0.29) is 23.6 Å². The molecule has 2 heterocycles. The zero-order chi connectivity index (χ0) is 18.7. The molecule has 2 aromatic rings. The Bertz CT molecular complexity index is 740. The van der Waals surface area contributed by atoms with Crippen molar-refractivity contribution in [1.82, 2.24) is 24.8 Å². The number of hydrogen-bond donors (Lipinski definition) is 1. The molecule has 0 unspecified atom stereocenters. The normalized spacial score (nSPS) is 20.5. The molecule has 6 nitrogen and oxygen atoms in total. The third kappa shape index (κ3) is 4.23. The molecule has 3 rings (SSSR count). The van der Waals surface area contributed by atoms with Crippen LogP contribution in [0.5, 0.6) is 0 Å². The van der Waals surface area contributed by atoms with Crippen molar-refractivity contribution in [3.63, 3.8) is 0 Å². The zero-order valence-electron chi connectivity index (χ0n) is 14.9. The van der Waals surface area contributed by atoms with E-state index in [0.29, 0.717) is 31.6 Å². The van der Waals surface area contributed by atoms with Crippen molar-refractivity contribution in [3.05, 3.63) is 36.2 Å². The molecule has 0 saturated heterocycles. The molecule has 0 radical (unpaired) electrons. The summed E-state index contributed by atoms with van der Waals surface area (Å²) in [6.45, 7) is 3.99. The minimum Gasteiger partial charge on any atom is -0.348 e. The third-order valence-electron chi connectivity index (χ3n) is 4.76. The van der Waals surface area contributed by atoms with Gasteiger partial charge in [-0.15, -0.1) is 0 Å². The molecule has 1 amide bonds. The van der Waals surface area contributed by atoms with E-state index < -0.39 is 12.3 Å². The number of halogens is 2. The molecule has 1 aliphatic rings. The summed E-state index contributed by atoms with van der Waals surface area (Å²) in [6.07, 6.45) is 4.63. The molecular weight excluding hydrogens is 340 g/mol. The molecule has 2 aromatic heterocycles. The third-order valence-corrected chi connectivity index (χ3v) is 4.76. The Hall–Kier alpha value is -2.38. The second-order valence-electron chi connectivity index (χ2n) is 7.02. The number of nitrogens with one attached hydrogen (secondary N) is 1. The second-order valence-corrected chi connectivity index (χ2v) is 7.02. The smallest absolute Gasteiger partial charge is 0.270 e. The van der Waals surface area contributed by atoms with Gasteiger partial charge in [0.15, 0.2) is 0 Å². The minimum atomic E-state index is -2.28. The minimum absolute atomic E-state index is 0.0911. The number of carbonyl (C=O) groups is 1. The van der Waals surface area contributed by atoms with Crippen molar-refractivity contribution in [1.29, 1.82) is 0 Å². The van der Waals surface area contributed by atoms with E-state index in [1.165, 1.54) is 0 Å². The van der Waals surface area contributed by atoms with Crippen molar-refractivity contribution >= 4 is 5.91 Å². The predicted molar refractivity (Wildman–Crippen MR) is 92.5 cm³/mol. The van der Waals surface area contributed by atoms with Crippen molar-refractivity contribution < 1.29 is 13.6 Å². The van der Waals surface area contributed by atoms with Crippen LogP contribution in [0.4, 0.5) is 8.78 Å². The molecule has 0 bridgehead atoms. The molecule has 1 aliphatic carbocycles. The first-order valence-electron chi connectivity index (χ1n) is 8.90. The number of imidazole rings is 1. The number of alkyl halides is 2. The topological polar surface area (TPSA) is 72.7 Å². The molecule has 0 spiro atoms. The molecule has 0 aromatic carbocycles. The summed E-state index contributed by atoms with van der Waals surface area (Å²) in [5.41, 5.74) is 1.04. The second kappa shape index (κ2) is 7.88. The molecule has 1 saturated carbocycles. The fraction of sp³-hybridized carbons (Fsp3) is 0.556. The largest absolute Gasteiger partial charge is 0.348 e. The molecule has 0 aliphatic heterocycles. The molecular formula is C18H23F2N5O. The summed E-state index contributed by atoms with van der Waals surface area (Å²) >= 11 is 0. The number of carbonyl (C=O) groups excluding carboxylic acids is 1. The Labute approximate surface area is 151 Å². The van der Waals surface area contributed by atoms with Crippen LogP contribution in [0.2, 0.25) is 0 Å². The Morgan fingerprint density at radius 1 is 1.23 bits per heavy atom. The van der Waals surface area contributed by atoms with Gasteiger partial charge in [0, 0.05) is 30.0 Å². The van der Waals surface area contributed by atoms with Gasteiger partial charge in [-0.2, -0.15) is 0 Å². The molecule has 140 valence electrons. The fourth-order valence-corrected chi connectivity index (χ4v) is 3.13. The average molecular weight is 363 g/mol. The first kappa shape index (κ1) is 18.4. The zero-order valence-corrected chi connectivity index (χ0v) is 14.9. The molecule has 0 atom stereocenters. The lowest BCUT2D eigenvalue weighted by Gasteiger charge is -2.28. The van der Waals surface area contributed by atoms with Gasteiger partial charge in [0.25, 0.3) is 5.91 Å². The molecule has 1 fully saturated rings. The van der Waals surface area contributed by atoms with E-state index in [9.17, 15) is 13.6 Å². The summed E-state index contributed by atoms with van der Waals surface area (Å²) < 4.78 is 27.2. The number of hydrogen-bond acceptors (Lipinski definition) is 4. The van der Waals surface area contributed by atoms with Crippen LogP contribution in [0.15, 0.2) is 24.8 Å². The van der Waals surface area contributed by atoms with Gasteiger partial charge in [0.05, 0.1) is 0 Å². The lowest BCUT2D eigenvalue weighted by molar-refractivity contribution is 0.0499. The summed E-state index contributed by atoms with van der Waals surface area (Å²) in [5.74, 6) is -0.327.